The zero-order valence-corrected chi connectivity index (χ0v) is 10.2. The van der Waals surface area contributed by atoms with Crippen LogP contribution in [0.3, 0.4) is 0 Å². The molecule has 0 aromatic heterocycles. The molecule has 84 valence electrons. The van der Waals surface area contributed by atoms with Gasteiger partial charge in [0, 0.05) is 0 Å². The van der Waals surface area contributed by atoms with Gasteiger partial charge in [0.15, 0.2) is 0 Å². The van der Waals surface area contributed by atoms with E-state index >= 15 is 0 Å². The fraction of sp³-hybridized carbons (Fsp3) is 0.769. The molecule has 0 radical (unpaired) electrons. The molecule has 2 nitrogen and oxygen atoms in total. The lowest BCUT2D eigenvalue weighted by molar-refractivity contribution is 0.180. The number of hydrogen-bond donors (Lipinski definition) is 1. The van der Waals surface area contributed by atoms with Crippen molar-refractivity contribution in [1.82, 2.24) is 0 Å². The minimum atomic E-state index is 0.304. The molecule has 1 N–H and O–H groups in total. The van der Waals surface area contributed by atoms with E-state index in [2.05, 4.69) is 38.9 Å². The van der Waals surface area contributed by atoms with E-state index in [0.717, 1.165) is 12.1 Å². The molecule has 0 aromatic carbocycles. The van der Waals surface area contributed by atoms with Crippen molar-refractivity contribution in [2.75, 3.05) is 0 Å². The number of fused-ring (bicyclic) bond motifs is 2. The summed E-state index contributed by atoms with van der Waals surface area (Å²) in [6.45, 7) is 9.08. The van der Waals surface area contributed by atoms with Crippen LogP contribution in [0.1, 0.15) is 47.0 Å². The smallest absolute Gasteiger partial charge is 0.0824 e. The highest BCUT2D eigenvalue weighted by Crippen LogP contribution is 2.64. The second-order valence-corrected chi connectivity index (χ2v) is 5.73. The Morgan fingerprint density at radius 3 is 2.53 bits per heavy atom. The number of allylic oxidation sites excluding steroid dienone is 2. The van der Waals surface area contributed by atoms with E-state index in [1.165, 1.54) is 18.4 Å². The first-order valence-electron chi connectivity index (χ1n) is 5.90. The Labute approximate surface area is 92.1 Å². The highest BCUT2D eigenvalue weighted by Gasteiger charge is 2.56. The number of hydrogen-bond acceptors (Lipinski definition) is 2. The quantitative estimate of drug-likeness (QED) is 0.419. The average Bonchev–Trinajstić information content (AvgIpc) is 2.50. The summed E-state index contributed by atoms with van der Waals surface area (Å²) in [4.78, 5) is 0. The van der Waals surface area contributed by atoms with Crippen molar-refractivity contribution in [3.05, 3.63) is 11.6 Å². The van der Waals surface area contributed by atoms with Crippen LogP contribution in [0, 0.1) is 16.7 Å². The van der Waals surface area contributed by atoms with E-state index in [0.29, 0.717) is 16.7 Å². The van der Waals surface area contributed by atoms with Crippen molar-refractivity contribution in [2.45, 2.75) is 47.0 Å². The lowest BCUT2D eigenvalue weighted by atomic mass is 9.70. The highest BCUT2D eigenvalue weighted by molar-refractivity contribution is 6.01. The molecular weight excluding hydrogens is 186 g/mol. The monoisotopic (exact) mass is 207 g/mol. The minimum Gasteiger partial charge on any atom is -0.411 e. The van der Waals surface area contributed by atoms with Crippen LogP contribution in [0.2, 0.25) is 0 Å². The van der Waals surface area contributed by atoms with Gasteiger partial charge in [-0.05, 0) is 41.6 Å². The van der Waals surface area contributed by atoms with Crippen molar-refractivity contribution in [3.63, 3.8) is 0 Å². The normalized spacial score (nSPS) is 38.3. The van der Waals surface area contributed by atoms with Crippen molar-refractivity contribution < 1.29 is 5.21 Å². The molecule has 0 spiro atoms. The molecule has 2 aliphatic carbocycles. The summed E-state index contributed by atoms with van der Waals surface area (Å²) < 4.78 is 0. The van der Waals surface area contributed by atoms with Crippen LogP contribution in [0.25, 0.3) is 0 Å². The van der Waals surface area contributed by atoms with Crippen LogP contribution >= 0.6 is 0 Å². The van der Waals surface area contributed by atoms with Crippen molar-refractivity contribution >= 4 is 5.71 Å². The van der Waals surface area contributed by atoms with E-state index in [1.807, 2.05) is 0 Å². The topological polar surface area (TPSA) is 32.6 Å². The van der Waals surface area contributed by atoms with Gasteiger partial charge in [-0.1, -0.05) is 38.9 Å². The molecular formula is C13H21NO. The van der Waals surface area contributed by atoms with Gasteiger partial charge in [-0.15, -0.1) is 0 Å². The average molecular weight is 207 g/mol. The molecule has 0 amide bonds. The second kappa shape index (κ2) is 3.10. The Hall–Kier alpha value is -0.790. The van der Waals surface area contributed by atoms with Crippen LogP contribution < -0.4 is 0 Å². The minimum absolute atomic E-state index is 0.304. The fourth-order valence-corrected chi connectivity index (χ4v) is 3.39. The maximum atomic E-state index is 9.02. The Morgan fingerprint density at radius 1 is 1.53 bits per heavy atom. The molecule has 0 unspecified atom stereocenters. The molecule has 0 aliphatic heterocycles. The number of oxime groups is 1. The number of nitrogens with zero attached hydrogens (tertiary/aromatic N) is 1. The molecule has 1 fully saturated rings. The number of rotatable bonds is 2. The summed E-state index contributed by atoms with van der Waals surface area (Å²) in [7, 11) is 0. The maximum absolute atomic E-state index is 9.02. The molecule has 0 heterocycles. The molecule has 2 rings (SSSR count). The van der Waals surface area contributed by atoms with Crippen molar-refractivity contribution in [2.24, 2.45) is 21.9 Å². The summed E-state index contributed by atoms with van der Waals surface area (Å²) in [6.07, 6.45) is 5.70. The van der Waals surface area contributed by atoms with E-state index in [1.54, 1.807) is 0 Å². The van der Waals surface area contributed by atoms with Gasteiger partial charge in [-0.25, -0.2) is 0 Å². The van der Waals surface area contributed by atoms with Crippen LogP contribution in [0.4, 0.5) is 0 Å². The summed E-state index contributed by atoms with van der Waals surface area (Å²) in [5.74, 6) is 0.591. The van der Waals surface area contributed by atoms with E-state index < -0.39 is 0 Å². The third-order valence-electron chi connectivity index (χ3n) is 4.93. The molecule has 2 heteroatoms. The third-order valence-corrected chi connectivity index (χ3v) is 4.93. The van der Waals surface area contributed by atoms with Crippen LogP contribution in [0.5, 0.6) is 0 Å². The summed E-state index contributed by atoms with van der Waals surface area (Å²) in [6, 6.07) is 0. The second-order valence-electron chi connectivity index (χ2n) is 5.73. The van der Waals surface area contributed by atoms with Crippen molar-refractivity contribution in [3.8, 4) is 0 Å². The predicted octanol–water partition coefficient (Wildman–Crippen LogP) is 3.61. The van der Waals surface area contributed by atoms with Gasteiger partial charge in [-0.3, -0.25) is 0 Å². The first-order chi connectivity index (χ1) is 6.96. The molecule has 2 aliphatic rings. The van der Waals surface area contributed by atoms with Gasteiger partial charge in [-0.2, -0.15) is 0 Å². The molecule has 0 saturated heterocycles. The SMILES string of the molecule is CCC(=NO)C1=C[C@@]2(C)CC[C@@H]1C2(C)C. The molecule has 2 bridgehead atoms. The van der Waals surface area contributed by atoms with Crippen LogP contribution in [-0.2, 0) is 0 Å². The Bertz CT molecular complexity index is 340. The van der Waals surface area contributed by atoms with Gasteiger partial charge >= 0.3 is 0 Å². The van der Waals surface area contributed by atoms with Crippen LogP contribution in [0.15, 0.2) is 16.8 Å². The fourth-order valence-electron chi connectivity index (χ4n) is 3.39. The maximum Gasteiger partial charge on any atom is 0.0824 e. The summed E-state index contributed by atoms with van der Waals surface area (Å²) in [5, 5.41) is 12.5. The van der Waals surface area contributed by atoms with Gasteiger partial charge < -0.3 is 5.21 Å². The molecule has 1 saturated carbocycles. The molecule has 15 heavy (non-hydrogen) atoms. The lowest BCUT2D eigenvalue weighted by Crippen LogP contribution is -2.27. The zero-order valence-electron chi connectivity index (χ0n) is 10.2. The summed E-state index contributed by atoms with van der Waals surface area (Å²) in [5.41, 5.74) is 2.82. The van der Waals surface area contributed by atoms with Crippen LogP contribution in [-0.4, -0.2) is 10.9 Å². The Balaban J connectivity index is 2.41. The van der Waals surface area contributed by atoms with E-state index in [9.17, 15) is 0 Å². The largest absolute Gasteiger partial charge is 0.411 e. The van der Waals surface area contributed by atoms with Gasteiger partial charge in [0.25, 0.3) is 0 Å². The van der Waals surface area contributed by atoms with Gasteiger partial charge in [0.1, 0.15) is 0 Å². The Morgan fingerprint density at radius 2 is 2.20 bits per heavy atom. The van der Waals surface area contributed by atoms with E-state index in [-0.39, 0.29) is 0 Å². The predicted molar refractivity (Wildman–Crippen MR) is 62.2 cm³/mol. The summed E-state index contributed by atoms with van der Waals surface area (Å²) >= 11 is 0. The highest BCUT2D eigenvalue weighted by atomic mass is 16.4. The molecule has 0 aromatic rings. The first-order valence-corrected chi connectivity index (χ1v) is 5.90. The first kappa shape index (κ1) is 10.7. The standard InChI is InChI=1S/C13H21NO/c1-5-11(14-15)9-8-13(4)7-6-10(9)12(13,2)3/h8,10,15H,5-7H2,1-4H3/t10-,13+/m0/s1. The third kappa shape index (κ3) is 1.20. The van der Waals surface area contributed by atoms with Gasteiger partial charge in [0.2, 0.25) is 0 Å². The van der Waals surface area contributed by atoms with Crippen molar-refractivity contribution in [1.29, 1.82) is 0 Å². The van der Waals surface area contributed by atoms with E-state index in [4.69, 9.17) is 5.21 Å². The lowest BCUT2D eigenvalue weighted by Gasteiger charge is -2.34. The Kier molecular flexibility index (Phi) is 2.21. The van der Waals surface area contributed by atoms with Gasteiger partial charge in [0.05, 0.1) is 5.71 Å². The zero-order chi connectivity index (χ0) is 11.3. The molecule has 2 atom stereocenters.